The lowest BCUT2D eigenvalue weighted by atomic mass is 10.4. The largest absolute Gasteiger partial charge is 0.308 e. The number of alkyl halides is 3. The van der Waals surface area contributed by atoms with Crippen molar-refractivity contribution in [1.82, 2.24) is 0 Å². The standard InChI is InChI=1S/C7H4BrCl3OS/c8-5-1-3-6(4-2-5)13-12-7(9,10)11/h1-4H. The average molecular weight is 322 g/mol. The second-order valence-corrected chi connectivity index (χ2v) is 5.96. The molecule has 0 saturated heterocycles. The lowest BCUT2D eigenvalue weighted by Crippen LogP contribution is -2.01. The van der Waals surface area contributed by atoms with Crippen LogP contribution in [0.4, 0.5) is 0 Å². The van der Waals surface area contributed by atoms with Crippen LogP contribution in [0, 0.1) is 0 Å². The molecule has 6 heteroatoms. The van der Waals surface area contributed by atoms with Gasteiger partial charge in [0.1, 0.15) is 0 Å². The Morgan fingerprint density at radius 1 is 1.15 bits per heavy atom. The molecule has 0 aliphatic heterocycles. The summed E-state index contributed by atoms with van der Waals surface area (Å²) in [5.41, 5.74) is 0. The van der Waals surface area contributed by atoms with E-state index in [-0.39, 0.29) is 0 Å². The molecule has 1 aromatic rings. The van der Waals surface area contributed by atoms with E-state index in [1.807, 2.05) is 24.3 Å². The van der Waals surface area contributed by atoms with E-state index in [0.717, 1.165) is 21.4 Å². The molecular formula is C7H4BrCl3OS. The van der Waals surface area contributed by atoms with E-state index in [9.17, 15) is 0 Å². The Labute approximate surface area is 104 Å². The van der Waals surface area contributed by atoms with Gasteiger partial charge in [0, 0.05) is 21.4 Å². The molecular weight excluding hydrogens is 318 g/mol. The molecule has 0 N–H and O–H groups in total. The maximum atomic E-state index is 5.39. The summed E-state index contributed by atoms with van der Waals surface area (Å²) in [5, 5.41) is 0. The average Bonchev–Trinajstić information content (AvgIpc) is 2.02. The minimum absolute atomic E-state index is 0.870. The van der Waals surface area contributed by atoms with Gasteiger partial charge in [-0.2, -0.15) is 0 Å². The third-order valence-corrected chi connectivity index (χ3v) is 2.88. The Kier molecular flexibility index (Phi) is 4.69. The topological polar surface area (TPSA) is 9.23 Å². The van der Waals surface area contributed by atoms with Gasteiger partial charge in [0.25, 0.3) is 0 Å². The first-order valence-electron chi connectivity index (χ1n) is 3.15. The maximum Gasteiger partial charge on any atom is 0.308 e. The normalized spacial score (nSPS) is 11.7. The SMILES string of the molecule is ClC(Cl)(Cl)OSc1ccc(Br)cc1. The number of rotatable bonds is 2. The number of hydrogen-bond acceptors (Lipinski definition) is 2. The molecule has 72 valence electrons. The van der Waals surface area contributed by atoms with Crippen LogP contribution in [0.15, 0.2) is 33.6 Å². The van der Waals surface area contributed by atoms with E-state index in [1.165, 1.54) is 0 Å². The molecule has 0 spiro atoms. The number of halogens is 4. The van der Waals surface area contributed by atoms with Gasteiger partial charge < -0.3 is 0 Å². The van der Waals surface area contributed by atoms with Crippen LogP contribution >= 0.6 is 62.8 Å². The van der Waals surface area contributed by atoms with Crippen LogP contribution in [0.5, 0.6) is 0 Å². The minimum atomic E-state index is -1.68. The van der Waals surface area contributed by atoms with Gasteiger partial charge in [0.05, 0.1) is 0 Å². The quantitative estimate of drug-likeness (QED) is 0.571. The zero-order valence-electron chi connectivity index (χ0n) is 6.14. The first-order chi connectivity index (χ1) is 5.97. The molecule has 0 aliphatic rings. The third-order valence-electron chi connectivity index (χ3n) is 1.05. The van der Waals surface area contributed by atoms with Crippen LogP contribution in [-0.4, -0.2) is 3.98 Å². The lowest BCUT2D eigenvalue weighted by molar-refractivity contribution is 0.381. The second kappa shape index (κ2) is 5.10. The summed E-state index contributed by atoms with van der Waals surface area (Å²) in [4.78, 5) is 0.870. The third kappa shape index (κ3) is 5.35. The van der Waals surface area contributed by atoms with Crippen LogP contribution in [-0.2, 0) is 4.18 Å². The van der Waals surface area contributed by atoms with E-state index in [0.29, 0.717) is 0 Å². The minimum Gasteiger partial charge on any atom is -0.258 e. The number of benzene rings is 1. The van der Waals surface area contributed by atoms with Crippen molar-refractivity contribution in [3.05, 3.63) is 28.7 Å². The fourth-order valence-electron chi connectivity index (χ4n) is 0.586. The van der Waals surface area contributed by atoms with Gasteiger partial charge in [0.15, 0.2) is 0 Å². The Morgan fingerprint density at radius 3 is 2.15 bits per heavy atom. The summed E-state index contributed by atoms with van der Waals surface area (Å²) < 4.78 is 4.16. The van der Waals surface area contributed by atoms with Crippen molar-refractivity contribution in [2.75, 3.05) is 0 Å². The van der Waals surface area contributed by atoms with Crippen LogP contribution in [0.25, 0.3) is 0 Å². The van der Waals surface area contributed by atoms with Gasteiger partial charge in [-0.15, -0.1) is 0 Å². The van der Waals surface area contributed by atoms with Gasteiger partial charge in [-0.1, -0.05) is 50.7 Å². The van der Waals surface area contributed by atoms with E-state index in [1.54, 1.807) is 0 Å². The van der Waals surface area contributed by atoms with Crippen molar-refractivity contribution in [2.24, 2.45) is 0 Å². The summed E-state index contributed by atoms with van der Waals surface area (Å²) in [6.07, 6.45) is 0. The molecule has 0 bridgehead atoms. The lowest BCUT2D eigenvalue weighted by Gasteiger charge is -2.09. The van der Waals surface area contributed by atoms with Crippen LogP contribution in [0.1, 0.15) is 0 Å². The monoisotopic (exact) mass is 320 g/mol. The van der Waals surface area contributed by atoms with Crippen LogP contribution in [0.3, 0.4) is 0 Å². The van der Waals surface area contributed by atoms with Gasteiger partial charge in [-0.3, -0.25) is 4.18 Å². The molecule has 0 fully saturated rings. The highest BCUT2D eigenvalue weighted by atomic mass is 79.9. The Bertz CT molecular complexity index is 272. The first-order valence-corrected chi connectivity index (χ1v) is 5.82. The van der Waals surface area contributed by atoms with Gasteiger partial charge in [-0.25, -0.2) is 0 Å². The first kappa shape index (κ1) is 12.0. The van der Waals surface area contributed by atoms with Crippen molar-refractivity contribution in [2.45, 2.75) is 8.87 Å². The fraction of sp³-hybridized carbons (Fsp3) is 0.143. The van der Waals surface area contributed by atoms with Gasteiger partial charge in [-0.05, 0) is 24.3 Å². The van der Waals surface area contributed by atoms with E-state index in [4.69, 9.17) is 39.0 Å². The molecule has 0 amide bonds. The Hall–Kier alpha value is 0.880. The zero-order chi connectivity index (χ0) is 9.90. The Balaban J connectivity index is 2.51. The van der Waals surface area contributed by atoms with Gasteiger partial charge >= 0.3 is 3.98 Å². The highest BCUT2D eigenvalue weighted by Crippen LogP contribution is 2.35. The summed E-state index contributed by atoms with van der Waals surface area (Å²) in [5.74, 6) is 0. The summed E-state index contributed by atoms with van der Waals surface area (Å²) in [7, 11) is 0. The molecule has 0 heterocycles. The van der Waals surface area contributed by atoms with Crippen LogP contribution in [0.2, 0.25) is 0 Å². The maximum absolute atomic E-state index is 5.39. The second-order valence-electron chi connectivity index (χ2n) is 2.07. The van der Waals surface area contributed by atoms with Crippen molar-refractivity contribution >= 4 is 62.8 Å². The van der Waals surface area contributed by atoms with E-state index in [2.05, 4.69) is 15.9 Å². The van der Waals surface area contributed by atoms with Crippen molar-refractivity contribution in [3.63, 3.8) is 0 Å². The fourth-order valence-corrected chi connectivity index (χ4v) is 1.57. The summed E-state index contributed by atoms with van der Waals surface area (Å²) >= 11 is 20.5. The van der Waals surface area contributed by atoms with Crippen molar-refractivity contribution < 1.29 is 4.18 Å². The smallest absolute Gasteiger partial charge is 0.258 e. The molecule has 0 saturated carbocycles. The predicted octanol–water partition coefficient (Wildman–Crippen LogP) is 4.80. The van der Waals surface area contributed by atoms with Crippen LogP contribution < -0.4 is 0 Å². The molecule has 0 aromatic heterocycles. The van der Waals surface area contributed by atoms with Gasteiger partial charge in [0.2, 0.25) is 0 Å². The highest BCUT2D eigenvalue weighted by molar-refractivity contribution is 9.10. The van der Waals surface area contributed by atoms with Crippen molar-refractivity contribution in [1.29, 1.82) is 0 Å². The van der Waals surface area contributed by atoms with E-state index < -0.39 is 3.98 Å². The summed E-state index contributed by atoms with van der Waals surface area (Å²) in [6, 6.07) is 7.46. The molecule has 0 unspecified atom stereocenters. The molecule has 0 aliphatic carbocycles. The predicted molar refractivity (Wildman–Crippen MR) is 61.4 cm³/mol. The molecule has 1 nitrogen and oxygen atoms in total. The zero-order valence-corrected chi connectivity index (χ0v) is 10.8. The van der Waals surface area contributed by atoms with Crippen molar-refractivity contribution in [3.8, 4) is 0 Å². The highest BCUT2D eigenvalue weighted by Gasteiger charge is 2.21. The molecule has 1 aromatic carbocycles. The molecule has 0 radical (unpaired) electrons. The summed E-state index contributed by atoms with van der Waals surface area (Å²) in [6.45, 7) is 0. The molecule has 13 heavy (non-hydrogen) atoms. The van der Waals surface area contributed by atoms with E-state index >= 15 is 0 Å². The number of hydrogen-bond donors (Lipinski definition) is 0. The molecule has 0 atom stereocenters. The Morgan fingerprint density at radius 2 is 1.69 bits per heavy atom. The molecule has 1 rings (SSSR count).